The minimum atomic E-state index is -0.184. The van der Waals surface area contributed by atoms with Gasteiger partial charge < -0.3 is 11.1 Å². The van der Waals surface area contributed by atoms with E-state index in [0.717, 1.165) is 15.0 Å². The smallest absolute Gasteiger partial charge is 0.271 e. The molecule has 2 unspecified atom stereocenters. The molecule has 4 nitrogen and oxygen atoms in total. The summed E-state index contributed by atoms with van der Waals surface area (Å²) in [6.45, 7) is 3.79. The summed E-state index contributed by atoms with van der Waals surface area (Å²) in [5, 5.41) is 5.44. The van der Waals surface area contributed by atoms with Gasteiger partial charge in [0.1, 0.15) is 10.7 Å². The summed E-state index contributed by atoms with van der Waals surface area (Å²) in [6.07, 6.45) is 0. The van der Waals surface area contributed by atoms with Crippen molar-refractivity contribution in [2.45, 2.75) is 25.9 Å². The van der Waals surface area contributed by atoms with E-state index >= 15 is 0 Å². The molecule has 0 aliphatic heterocycles. The topological polar surface area (TPSA) is 68.0 Å². The zero-order valence-corrected chi connectivity index (χ0v) is 13.7. The highest BCUT2D eigenvalue weighted by atomic mass is 79.9. The molecule has 0 saturated heterocycles. The Kier molecular flexibility index (Phi) is 4.91. The van der Waals surface area contributed by atoms with E-state index in [1.165, 1.54) is 11.3 Å². The van der Waals surface area contributed by atoms with Gasteiger partial charge in [-0.25, -0.2) is 4.98 Å². The second-order valence-electron chi connectivity index (χ2n) is 4.58. The number of amides is 1. The van der Waals surface area contributed by atoms with Gasteiger partial charge in [0, 0.05) is 9.85 Å². The zero-order valence-electron chi connectivity index (χ0n) is 11.3. The third-order valence-corrected chi connectivity index (χ3v) is 4.63. The number of nitrogens with zero attached hydrogens (tertiary/aromatic N) is 1. The first-order chi connectivity index (χ1) is 9.49. The van der Waals surface area contributed by atoms with Crippen molar-refractivity contribution >= 4 is 33.2 Å². The molecule has 3 N–H and O–H groups in total. The van der Waals surface area contributed by atoms with Crippen molar-refractivity contribution in [3.05, 3.63) is 50.4 Å². The van der Waals surface area contributed by atoms with E-state index in [2.05, 4.69) is 26.2 Å². The Bertz CT molecular complexity index is 612. The Morgan fingerprint density at radius 2 is 2.10 bits per heavy atom. The standard InChI is InChI=1S/C14H16BrN3OS/c1-8(16)14-18-12(7-20-14)13(19)17-9(2)10-5-3-4-6-11(10)15/h3-9H,16H2,1-2H3,(H,17,19). The molecule has 1 amide bonds. The fraction of sp³-hybridized carbons (Fsp3) is 0.286. The van der Waals surface area contributed by atoms with Crippen LogP contribution in [0, 0.1) is 0 Å². The third kappa shape index (κ3) is 3.45. The molecule has 0 aliphatic rings. The first-order valence-electron chi connectivity index (χ1n) is 6.25. The first-order valence-corrected chi connectivity index (χ1v) is 7.92. The number of nitrogens with one attached hydrogen (secondary N) is 1. The molecular formula is C14H16BrN3OS. The first kappa shape index (κ1) is 15.2. The molecule has 0 radical (unpaired) electrons. The van der Waals surface area contributed by atoms with Gasteiger partial charge in [-0.15, -0.1) is 11.3 Å². The molecule has 0 aliphatic carbocycles. The minimum Gasteiger partial charge on any atom is -0.344 e. The fourth-order valence-corrected chi connectivity index (χ4v) is 3.16. The van der Waals surface area contributed by atoms with Crippen LogP contribution in [-0.4, -0.2) is 10.9 Å². The highest BCUT2D eigenvalue weighted by molar-refractivity contribution is 9.10. The van der Waals surface area contributed by atoms with E-state index in [1.54, 1.807) is 5.38 Å². The third-order valence-electron chi connectivity index (χ3n) is 2.86. The van der Waals surface area contributed by atoms with Crippen LogP contribution in [-0.2, 0) is 0 Å². The number of benzene rings is 1. The highest BCUT2D eigenvalue weighted by Crippen LogP contribution is 2.23. The highest BCUT2D eigenvalue weighted by Gasteiger charge is 2.16. The van der Waals surface area contributed by atoms with Gasteiger partial charge >= 0.3 is 0 Å². The molecule has 2 aromatic rings. The lowest BCUT2D eigenvalue weighted by molar-refractivity contribution is 0.0935. The largest absolute Gasteiger partial charge is 0.344 e. The molecule has 2 rings (SSSR count). The summed E-state index contributed by atoms with van der Waals surface area (Å²) in [5.41, 5.74) is 7.20. The van der Waals surface area contributed by atoms with Crippen molar-refractivity contribution < 1.29 is 4.79 Å². The van der Waals surface area contributed by atoms with Gasteiger partial charge in [0.05, 0.1) is 12.1 Å². The molecule has 0 saturated carbocycles. The Morgan fingerprint density at radius 3 is 2.70 bits per heavy atom. The lowest BCUT2D eigenvalue weighted by Gasteiger charge is -2.15. The Balaban J connectivity index is 2.09. The monoisotopic (exact) mass is 353 g/mol. The van der Waals surface area contributed by atoms with Crippen LogP contribution in [0.4, 0.5) is 0 Å². The van der Waals surface area contributed by atoms with E-state index in [1.807, 2.05) is 38.1 Å². The van der Waals surface area contributed by atoms with Crippen LogP contribution in [0.2, 0.25) is 0 Å². The predicted octanol–water partition coefficient (Wildman–Crippen LogP) is 3.42. The molecule has 0 spiro atoms. The molecule has 1 aromatic carbocycles. The van der Waals surface area contributed by atoms with Gasteiger partial charge in [0.2, 0.25) is 0 Å². The summed E-state index contributed by atoms with van der Waals surface area (Å²) >= 11 is 4.89. The summed E-state index contributed by atoms with van der Waals surface area (Å²) in [6, 6.07) is 7.57. The quantitative estimate of drug-likeness (QED) is 0.884. The molecular weight excluding hydrogens is 338 g/mol. The van der Waals surface area contributed by atoms with Crippen LogP contribution in [0.25, 0.3) is 0 Å². The van der Waals surface area contributed by atoms with Crippen LogP contribution in [0.3, 0.4) is 0 Å². The van der Waals surface area contributed by atoms with Crippen LogP contribution < -0.4 is 11.1 Å². The SMILES string of the molecule is CC(N)c1nc(C(=O)NC(C)c2ccccc2Br)cs1. The Hall–Kier alpha value is -1.24. The number of carbonyl (C=O) groups is 1. The normalized spacial score (nSPS) is 13.8. The van der Waals surface area contributed by atoms with Gasteiger partial charge in [0.15, 0.2) is 0 Å². The number of hydrogen-bond donors (Lipinski definition) is 2. The number of rotatable bonds is 4. The van der Waals surface area contributed by atoms with Gasteiger partial charge in [-0.1, -0.05) is 34.1 Å². The van der Waals surface area contributed by atoms with Crippen LogP contribution in [0.1, 0.15) is 47.0 Å². The van der Waals surface area contributed by atoms with Crippen molar-refractivity contribution in [3.63, 3.8) is 0 Å². The Labute approximate surface area is 130 Å². The predicted molar refractivity (Wildman–Crippen MR) is 84.7 cm³/mol. The number of nitrogens with two attached hydrogens (primary N) is 1. The van der Waals surface area contributed by atoms with Crippen molar-refractivity contribution in [1.29, 1.82) is 0 Å². The molecule has 0 bridgehead atoms. The average Bonchev–Trinajstić information content (AvgIpc) is 2.88. The minimum absolute atomic E-state index is 0.0986. The zero-order chi connectivity index (χ0) is 14.7. The molecule has 20 heavy (non-hydrogen) atoms. The molecule has 1 aromatic heterocycles. The number of thiazole rings is 1. The molecule has 0 fully saturated rings. The van der Waals surface area contributed by atoms with Crippen molar-refractivity contribution in [2.75, 3.05) is 0 Å². The van der Waals surface area contributed by atoms with E-state index in [-0.39, 0.29) is 18.0 Å². The van der Waals surface area contributed by atoms with E-state index in [0.29, 0.717) is 5.69 Å². The van der Waals surface area contributed by atoms with E-state index in [9.17, 15) is 4.79 Å². The van der Waals surface area contributed by atoms with Gasteiger partial charge in [-0.3, -0.25) is 4.79 Å². The second kappa shape index (κ2) is 6.47. The maximum atomic E-state index is 12.2. The van der Waals surface area contributed by atoms with E-state index in [4.69, 9.17) is 5.73 Å². The number of halogens is 1. The van der Waals surface area contributed by atoms with Crippen molar-refractivity contribution in [2.24, 2.45) is 5.73 Å². The molecule has 106 valence electrons. The van der Waals surface area contributed by atoms with Gasteiger partial charge in [-0.05, 0) is 25.5 Å². The summed E-state index contributed by atoms with van der Waals surface area (Å²) < 4.78 is 0.974. The van der Waals surface area contributed by atoms with Crippen LogP contribution >= 0.6 is 27.3 Å². The molecule has 1 heterocycles. The fourth-order valence-electron chi connectivity index (χ4n) is 1.78. The summed E-state index contributed by atoms with van der Waals surface area (Å²) in [7, 11) is 0. The second-order valence-corrected chi connectivity index (χ2v) is 6.32. The lowest BCUT2D eigenvalue weighted by Crippen LogP contribution is -2.27. The Morgan fingerprint density at radius 1 is 1.40 bits per heavy atom. The van der Waals surface area contributed by atoms with Crippen molar-refractivity contribution in [3.8, 4) is 0 Å². The van der Waals surface area contributed by atoms with Crippen LogP contribution in [0.15, 0.2) is 34.1 Å². The molecule has 2 atom stereocenters. The van der Waals surface area contributed by atoms with Crippen LogP contribution in [0.5, 0.6) is 0 Å². The summed E-state index contributed by atoms with van der Waals surface area (Å²) in [4.78, 5) is 16.4. The maximum Gasteiger partial charge on any atom is 0.271 e. The van der Waals surface area contributed by atoms with E-state index < -0.39 is 0 Å². The van der Waals surface area contributed by atoms with Gasteiger partial charge in [0.25, 0.3) is 5.91 Å². The maximum absolute atomic E-state index is 12.2. The van der Waals surface area contributed by atoms with Crippen molar-refractivity contribution in [1.82, 2.24) is 10.3 Å². The average molecular weight is 354 g/mol. The summed E-state index contributed by atoms with van der Waals surface area (Å²) in [5.74, 6) is -0.184. The lowest BCUT2D eigenvalue weighted by atomic mass is 10.1. The molecule has 6 heteroatoms. The number of aromatic nitrogens is 1. The number of carbonyl (C=O) groups excluding carboxylic acids is 1. The van der Waals surface area contributed by atoms with Gasteiger partial charge in [-0.2, -0.15) is 0 Å². The number of hydrogen-bond acceptors (Lipinski definition) is 4.